The zero-order valence-electron chi connectivity index (χ0n) is 17.4. The van der Waals surface area contributed by atoms with Gasteiger partial charge < -0.3 is 39.7 Å². The molecule has 2 aliphatic rings. The number of H-pyrrole nitrogens is 1. The molecular weight excluding hydrogens is 510 g/mol. The van der Waals surface area contributed by atoms with Crippen LogP contribution in [0.3, 0.4) is 0 Å². The lowest BCUT2D eigenvalue weighted by Crippen LogP contribution is -2.53. The fourth-order valence-electron chi connectivity index (χ4n) is 3.18. The maximum Gasteiger partial charge on any atom is 0.483 e. The first-order chi connectivity index (χ1) is 15.7. The van der Waals surface area contributed by atoms with E-state index in [4.69, 9.17) is 9.47 Å². The van der Waals surface area contributed by atoms with Crippen LogP contribution in [0.15, 0.2) is 15.8 Å². The normalized spacial score (nSPS) is 35.6. The topological polar surface area (TPSA) is 257 Å². The Hall–Kier alpha value is -1.30. The second kappa shape index (κ2) is 10.4. The van der Waals surface area contributed by atoms with Gasteiger partial charge in [0.25, 0.3) is 5.56 Å². The highest BCUT2D eigenvalue weighted by Crippen LogP contribution is 2.61. The first-order valence-corrected chi connectivity index (χ1v) is 12.7. The lowest BCUT2D eigenvalue weighted by molar-refractivity contribution is -0.245. The lowest BCUT2D eigenvalue weighted by Gasteiger charge is -2.35. The molecule has 0 spiro atoms. The third kappa shape index (κ3) is 6.47. The molecule has 3 rings (SSSR count). The van der Waals surface area contributed by atoms with Crippen LogP contribution >= 0.6 is 15.6 Å². The Morgan fingerprint density at radius 1 is 1.12 bits per heavy atom. The summed E-state index contributed by atoms with van der Waals surface area (Å²) in [5.41, 5.74) is -1.22. The summed E-state index contributed by atoms with van der Waals surface area (Å²) in [6.07, 6.45) is -9.80. The number of hydrogen-bond donors (Lipinski definition) is 7. The predicted molar refractivity (Wildman–Crippen MR) is 106 cm³/mol. The Balaban J connectivity index is 1.57. The first-order valence-electron chi connectivity index (χ1n) is 9.70. The molecule has 17 nitrogen and oxygen atoms in total. The van der Waals surface area contributed by atoms with E-state index < -0.39 is 83.1 Å². The van der Waals surface area contributed by atoms with Crippen molar-refractivity contribution >= 4 is 15.6 Å². The molecule has 0 amide bonds. The van der Waals surface area contributed by atoms with Gasteiger partial charge in [-0.15, -0.1) is 0 Å². The van der Waals surface area contributed by atoms with Crippen molar-refractivity contribution in [2.45, 2.75) is 56.4 Å². The molecule has 19 heteroatoms. The van der Waals surface area contributed by atoms with E-state index >= 15 is 0 Å². The number of aliphatic hydroxyl groups is 4. The average molecular weight is 534 g/mol. The number of aromatic nitrogens is 2. The molecule has 0 bridgehead atoms. The molecule has 3 heterocycles. The molecule has 194 valence electrons. The van der Waals surface area contributed by atoms with Gasteiger partial charge in [-0.25, -0.2) is 13.9 Å². The summed E-state index contributed by atoms with van der Waals surface area (Å²) < 4.78 is 48.4. The molecular formula is C15H24N2O15P2. The summed E-state index contributed by atoms with van der Waals surface area (Å²) in [6, 6.07) is 0. The second-order valence-electron chi connectivity index (χ2n) is 7.58. The third-order valence-corrected chi connectivity index (χ3v) is 7.56. The molecule has 2 aliphatic heterocycles. The Morgan fingerprint density at radius 2 is 1.79 bits per heavy atom. The van der Waals surface area contributed by atoms with Crippen molar-refractivity contribution in [3.63, 3.8) is 0 Å². The van der Waals surface area contributed by atoms with Crippen molar-refractivity contribution in [1.82, 2.24) is 9.55 Å². The molecule has 0 aliphatic carbocycles. The Labute approximate surface area is 190 Å². The lowest BCUT2D eigenvalue weighted by atomic mass is 10.1. The van der Waals surface area contributed by atoms with Crippen LogP contribution < -0.4 is 11.2 Å². The largest absolute Gasteiger partial charge is 0.483 e. The van der Waals surface area contributed by atoms with Crippen molar-refractivity contribution in [2.24, 2.45) is 0 Å². The number of nitrogens with zero attached hydrogens (tertiary/aromatic N) is 1. The molecule has 9 atom stereocenters. The zero-order valence-corrected chi connectivity index (χ0v) is 19.2. The summed E-state index contributed by atoms with van der Waals surface area (Å²) >= 11 is 0. The van der Waals surface area contributed by atoms with Crippen LogP contribution in [-0.2, 0) is 32.0 Å². The monoisotopic (exact) mass is 534 g/mol. The van der Waals surface area contributed by atoms with Crippen LogP contribution in [0.25, 0.3) is 0 Å². The van der Waals surface area contributed by atoms with Gasteiger partial charge in [0.2, 0.25) is 0 Å². The predicted octanol–water partition coefficient (Wildman–Crippen LogP) is -2.82. The standard InChI is InChI=1S/C15H24N2O15P2/c1-6-3-17(15(23)16-13(6)22)10-2-7(18)9(30-10)5-29-33(24,25)32-34(26,27)31-14-12(21)11(20)8(19)4-28-14/h3,7-12,14,18-21H,2,4-5H2,1H3,(H,24,25)(H,26,27)(H,16,22,23)/t7-,8+,9+,10-,11-,12+,14-/m1/s1. The van der Waals surface area contributed by atoms with Crippen LogP contribution in [-0.4, -0.2) is 89.8 Å². The summed E-state index contributed by atoms with van der Waals surface area (Å²) in [6.45, 7) is 0.0394. The number of aliphatic hydroxyl groups excluding tert-OH is 4. The number of aromatic amines is 1. The first kappa shape index (κ1) is 27.3. The number of hydrogen-bond acceptors (Lipinski definition) is 13. The highest BCUT2D eigenvalue weighted by Gasteiger charge is 2.45. The van der Waals surface area contributed by atoms with Crippen molar-refractivity contribution in [2.75, 3.05) is 13.2 Å². The minimum Gasteiger partial charge on any atom is -0.390 e. The summed E-state index contributed by atoms with van der Waals surface area (Å²) in [5, 5.41) is 38.8. The van der Waals surface area contributed by atoms with Gasteiger partial charge in [-0.3, -0.25) is 23.4 Å². The van der Waals surface area contributed by atoms with E-state index in [0.29, 0.717) is 0 Å². The van der Waals surface area contributed by atoms with Gasteiger partial charge in [-0.2, -0.15) is 4.31 Å². The van der Waals surface area contributed by atoms with Gasteiger partial charge in [0.1, 0.15) is 30.6 Å². The Morgan fingerprint density at radius 3 is 2.47 bits per heavy atom. The summed E-state index contributed by atoms with van der Waals surface area (Å²) in [5.74, 6) is 0. The zero-order chi connectivity index (χ0) is 25.4. The Kier molecular flexibility index (Phi) is 8.32. The average Bonchev–Trinajstić information content (AvgIpc) is 3.09. The summed E-state index contributed by atoms with van der Waals surface area (Å²) in [4.78, 5) is 45.0. The number of phosphoric acid groups is 2. The van der Waals surface area contributed by atoms with Crippen molar-refractivity contribution in [1.29, 1.82) is 0 Å². The quantitative estimate of drug-likeness (QED) is 0.166. The van der Waals surface area contributed by atoms with E-state index in [1.165, 1.54) is 13.1 Å². The molecule has 0 radical (unpaired) electrons. The second-order valence-corrected chi connectivity index (χ2v) is 10.6. The minimum atomic E-state index is -5.42. The summed E-state index contributed by atoms with van der Waals surface area (Å²) in [7, 11) is -10.7. The third-order valence-electron chi connectivity index (χ3n) is 4.96. The molecule has 0 aromatic carbocycles. The molecule has 1 aromatic heterocycles. The highest BCUT2D eigenvalue weighted by atomic mass is 31.3. The van der Waals surface area contributed by atoms with E-state index in [1.54, 1.807) is 0 Å². The molecule has 2 fully saturated rings. The van der Waals surface area contributed by atoms with Crippen molar-refractivity contribution in [3.05, 3.63) is 32.6 Å². The maximum absolute atomic E-state index is 12.1. The number of aryl methyl sites for hydroxylation is 1. The van der Waals surface area contributed by atoms with Crippen LogP contribution in [0, 0.1) is 6.92 Å². The van der Waals surface area contributed by atoms with E-state index in [0.717, 1.165) is 4.57 Å². The van der Waals surface area contributed by atoms with E-state index in [1.807, 2.05) is 0 Å². The van der Waals surface area contributed by atoms with Crippen molar-refractivity contribution in [3.8, 4) is 0 Å². The number of ether oxygens (including phenoxy) is 2. The van der Waals surface area contributed by atoms with Crippen LogP contribution in [0.2, 0.25) is 0 Å². The number of rotatable bonds is 8. The molecule has 0 saturated carbocycles. The fraction of sp³-hybridized carbons (Fsp3) is 0.733. The highest BCUT2D eigenvalue weighted by molar-refractivity contribution is 7.61. The molecule has 34 heavy (non-hydrogen) atoms. The fourth-order valence-corrected chi connectivity index (χ4v) is 5.35. The van der Waals surface area contributed by atoms with E-state index in [9.17, 15) is 48.9 Å². The van der Waals surface area contributed by atoms with Crippen molar-refractivity contribution < 1.29 is 62.2 Å². The van der Waals surface area contributed by atoms with Gasteiger partial charge in [-0.05, 0) is 6.92 Å². The van der Waals surface area contributed by atoms with E-state index in [-0.39, 0.29) is 12.0 Å². The maximum atomic E-state index is 12.1. The minimum absolute atomic E-state index is 0.150. The Bertz CT molecular complexity index is 1090. The van der Waals surface area contributed by atoms with Gasteiger partial charge in [-0.1, -0.05) is 0 Å². The van der Waals surface area contributed by atoms with E-state index in [2.05, 4.69) is 18.3 Å². The molecule has 2 saturated heterocycles. The van der Waals surface area contributed by atoms with Crippen LogP contribution in [0.4, 0.5) is 0 Å². The van der Waals surface area contributed by atoms with Gasteiger partial charge in [0.15, 0.2) is 6.29 Å². The van der Waals surface area contributed by atoms with Gasteiger partial charge in [0.05, 0.1) is 19.3 Å². The number of phosphoric ester groups is 2. The SMILES string of the molecule is Cc1cn([C@H]2C[C@@H](O)[C@H](COP(=O)(O)OP(=O)(O)O[C@H]3OC[C@H](O)[C@@H](O)[C@@H]3O)O2)c(=O)[nH]c1=O. The van der Waals surface area contributed by atoms with Crippen LogP contribution in [0.5, 0.6) is 0 Å². The van der Waals surface area contributed by atoms with Crippen LogP contribution in [0.1, 0.15) is 18.2 Å². The van der Waals surface area contributed by atoms with Gasteiger partial charge in [0, 0.05) is 18.2 Å². The molecule has 1 aromatic rings. The number of nitrogens with one attached hydrogen (secondary N) is 1. The smallest absolute Gasteiger partial charge is 0.390 e. The van der Waals surface area contributed by atoms with Gasteiger partial charge >= 0.3 is 21.3 Å². The molecule has 2 unspecified atom stereocenters. The molecule has 7 N–H and O–H groups in total.